The van der Waals surface area contributed by atoms with E-state index in [2.05, 4.69) is 4.74 Å². The number of methoxy groups -OCH3 is 2. The lowest BCUT2D eigenvalue weighted by Gasteiger charge is -2.19. The molecule has 0 heterocycles. The number of hydroxylamine groups is 1. The number of nitrogens with zero attached hydrogens (tertiary/aromatic N) is 1. The minimum Gasteiger partial charge on any atom is -0.494 e. The number of amides is 1. The molecule has 0 fully saturated rings. The van der Waals surface area contributed by atoms with Gasteiger partial charge >= 0.3 is 6.09 Å². The van der Waals surface area contributed by atoms with Gasteiger partial charge in [0.25, 0.3) is 0 Å². The van der Waals surface area contributed by atoms with E-state index in [-0.39, 0.29) is 0 Å². The zero-order valence-electron chi connectivity index (χ0n) is 8.89. The molecular formula is C10H13NO4. The maximum atomic E-state index is 11.3. The van der Waals surface area contributed by atoms with E-state index in [4.69, 9.17) is 9.57 Å². The third-order valence-electron chi connectivity index (χ3n) is 1.83. The fraction of sp³-hybridized carbons (Fsp3) is 0.300. The lowest BCUT2D eigenvalue weighted by atomic mass is 10.3. The summed E-state index contributed by atoms with van der Waals surface area (Å²) in [5.74, 6) is 0.532. The van der Waals surface area contributed by atoms with Crippen molar-refractivity contribution in [2.45, 2.75) is 0 Å². The molecule has 1 aromatic carbocycles. The predicted octanol–water partition coefficient (Wildman–Crippen LogP) is 1.83. The lowest BCUT2D eigenvalue weighted by molar-refractivity contribution is 0.115. The highest BCUT2D eigenvalue weighted by Gasteiger charge is 2.19. The SMILES string of the molecule is COC(=O)N(OC)c1ccccc1OC. The molecule has 15 heavy (non-hydrogen) atoms. The highest BCUT2D eigenvalue weighted by atomic mass is 16.7. The van der Waals surface area contributed by atoms with Gasteiger partial charge in [0.2, 0.25) is 0 Å². The topological polar surface area (TPSA) is 48.0 Å². The van der Waals surface area contributed by atoms with Crippen LogP contribution in [0.4, 0.5) is 10.5 Å². The van der Waals surface area contributed by atoms with Gasteiger partial charge in [-0.3, -0.25) is 4.84 Å². The first-order valence-electron chi connectivity index (χ1n) is 4.29. The molecular weight excluding hydrogens is 198 g/mol. The monoisotopic (exact) mass is 211 g/mol. The number of carbonyl (C=O) groups excluding carboxylic acids is 1. The van der Waals surface area contributed by atoms with E-state index in [0.29, 0.717) is 11.4 Å². The van der Waals surface area contributed by atoms with Crippen LogP contribution in [0.3, 0.4) is 0 Å². The highest BCUT2D eigenvalue weighted by molar-refractivity contribution is 5.87. The Hall–Kier alpha value is -1.75. The molecule has 0 aliphatic rings. The minimum absolute atomic E-state index is 0.495. The van der Waals surface area contributed by atoms with Gasteiger partial charge in [-0.1, -0.05) is 12.1 Å². The minimum atomic E-state index is -0.609. The molecule has 0 spiro atoms. The third kappa shape index (κ3) is 2.38. The van der Waals surface area contributed by atoms with Crippen LogP contribution in [0, 0.1) is 0 Å². The Morgan fingerprint density at radius 2 is 1.87 bits per heavy atom. The van der Waals surface area contributed by atoms with E-state index in [1.807, 2.05) is 0 Å². The van der Waals surface area contributed by atoms with E-state index in [9.17, 15) is 4.79 Å². The second-order valence-electron chi connectivity index (χ2n) is 2.62. The molecule has 82 valence electrons. The molecule has 0 aromatic heterocycles. The van der Waals surface area contributed by atoms with Crippen molar-refractivity contribution in [3.05, 3.63) is 24.3 Å². The van der Waals surface area contributed by atoms with Crippen molar-refractivity contribution < 1.29 is 19.1 Å². The number of anilines is 1. The molecule has 5 nitrogen and oxygen atoms in total. The van der Waals surface area contributed by atoms with Crippen LogP contribution in [0.2, 0.25) is 0 Å². The molecule has 1 rings (SSSR count). The number of hydrogen-bond donors (Lipinski definition) is 0. The molecule has 0 saturated heterocycles. The second-order valence-corrected chi connectivity index (χ2v) is 2.62. The van der Waals surface area contributed by atoms with Crippen LogP contribution >= 0.6 is 0 Å². The fourth-order valence-electron chi connectivity index (χ4n) is 1.15. The van der Waals surface area contributed by atoms with Crippen LogP contribution in [0.1, 0.15) is 0 Å². The van der Waals surface area contributed by atoms with Crippen LogP contribution in [-0.2, 0) is 9.57 Å². The quantitative estimate of drug-likeness (QED) is 0.715. The molecule has 0 atom stereocenters. The van der Waals surface area contributed by atoms with Gasteiger partial charge in [-0.15, -0.1) is 5.06 Å². The Morgan fingerprint density at radius 3 is 2.40 bits per heavy atom. The van der Waals surface area contributed by atoms with Crippen LogP contribution in [0.5, 0.6) is 5.75 Å². The Balaban J connectivity index is 3.05. The molecule has 5 heteroatoms. The molecule has 0 radical (unpaired) electrons. The summed E-state index contributed by atoms with van der Waals surface area (Å²) in [6.07, 6.45) is -0.609. The standard InChI is InChI=1S/C10H13NO4/c1-13-9-7-5-4-6-8(9)11(15-3)10(12)14-2/h4-7H,1-3H3. The number of hydrogen-bond acceptors (Lipinski definition) is 4. The number of ether oxygens (including phenoxy) is 2. The van der Waals surface area contributed by atoms with Crippen molar-refractivity contribution in [1.82, 2.24) is 0 Å². The summed E-state index contributed by atoms with van der Waals surface area (Å²) in [5.41, 5.74) is 0.495. The zero-order chi connectivity index (χ0) is 11.3. The van der Waals surface area contributed by atoms with Gasteiger partial charge in [0.1, 0.15) is 11.4 Å². The van der Waals surface area contributed by atoms with Crippen molar-refractivity contribution in [3.63, 3.8) is 0 Å². The van der Waals surface area contributed by atoms with E-state index < -0.39 is 6.09 Å². The average molecular weight is 211 g/mol. The predicted molar refractivity (Wildman–Crippen MR) is 54.9 cm³/mol. The lowest BCUT2D eigenvalue weighted by Crippen LogP contribution is -2.29. The number of para-hydroxylation sites is 2. The van der Waals surface area contributed by atoms with Gasteiger partial charge in [-0.25, -0.2) is 4.79 Å². The highest BCUT2D eigenvalue weighted by Crippen LogP contribution is 2.27. The summed E-state index contributed by atoms with van der Waals surface area (Å²) in [4.78, 5) is 16.2. The van der Waals surface area contributed by atoms with Crippen molar-refractivity contribution in [3.8, 4) is 5.75 Å². The first-order chi connectivity index (χ1) is 7.24. The van der Waals surface area contributed by atoms with Gasteiger partial charge < -0.3 is 9.47 Å². The van der Waals surface area contributed by atoms with Gasteiger partial charge in [0.05, 0.1) is 21.3 Å². The molecule has 1 aromatic rings. The van der Waals surface area contributed by atoms with Crippen molar-refractivity contribution in [1.29, 1.82) is 0 Å². The van der Waals surface area contributed by atoms with Crippen molar-refractivity contribution >= 4 is 11.8 Å². The Labute approximate surface area is 88.1 Å². The van der Waals surface area contributed by atoms with E-state index in [1.54, 1.807) is 24.3 Å². The molecule has 0 saturated carbocycles. The molecule has 0 N–H and O–H groups in total. The smallest absolute Gasteiger partial charge is 0.438 e. The summed E-state index contributed by atoms with van der Waals surface area (Å²) in [6, 6.07) is 6.99. The zero-order valence-corrected chi connectivity index (χ0v) is 8.89. The maximum absolute atomic E-state index is 11.3. The van der Waals surface area contributed by atoms with Crippen LogP contribution in [-0.4, -0.2) is 27.4 Å². The number of carbonyl (C=O) groups is 1. The Bertz CT molecular complexity index is 340. The molecule has 0 unspecified atom stereocenters. The van der Waals surface area contributed by atoms with Crippen molar-refractivity contribution in [2.24, 2.45) is 0 Å². The molecule has 0 bridgehead atoms. The van der Waals surface area contributed by atoms with Gasteiger partial charge in [-0.2, -0.15) is 0 Å². The van der Waals surface area contributed by atoms with Crippen LogP contribution in [0.15, 0.2) is 24.3 Å². The first-order valence-corrected chi connectivity index (χ1v) is 4.29. The number of benzene rings is 1. The van der Waals surface area contributed by atoms with E-state index in [0.717, 1.165) is 5.06 Å². The average Bonchev–Trinajstić information content (AvgIpc) is 2.30. The van der Waals surface area contributed by atoms with Crippen LogP contribution in [0.25, 0.3) is 0 Å². The Morgan fingerprint density at radius 1 is 1.20 bits per heavy atom. The third-order valence-corrected chi connectivity index (χ3v) is 1.83. The molecule has 0 aliphatic heterocycles. The summed E-state index contributed by atoms with van der Waals surface area (Å²) in [5, 5.41) is 1.01. The second kappa shape index (κ2) is 5.21. The normalized spacial score (nSPS) is 9.53. The summed E-state index contributed by atoms with van der Waals surface area (Å²) >= 11 is 0. The van der Waals surface area contributed by atoms with Gasteiger partial charge in [-0.05, 0) is 12.1 Å². The molecule has 1 amide bonds. The van der Waals surface area contributed by atoms with Gasteiger partial charge in [0.15, 0.2) is 0 Å². The largest absolute Gasteiger partial charge is 0.494 e. The van der Waals surface area contributed by atoms with E-state index in [1.165, 1.54) is 21.3 Å². The van der Waals surface area contributed by atoms with Crippen molar-refractivity contribution in [2.75, 3.05) is 26.4 Å². The summed E-state index contributed by atoms with van der Waals surface area (Å²) in [7, 11) is 4.18. The van der Waals surface area contributed by atoms with Gasteiger partial charge in [0, 0.05) is 0 Å². The molecule has 0 aliphatic carbocycles. The number of rotatable bonds is 3. The summed E-state index contributed by atoms with van der Waals surface area (Å²) < 4.78 is 9.66. The fourth-order valence-corrected chi connectivity index (χ4v) is 1.15. The summed E-state index contributed by atoms with van der Waals surface area (Å²) in [6.45, 7) is 0. The maximum Gasteiger partial charge on any atom is 0.438 e. The van der Waals surface area contributed by atoms with Crippen LogP contribution < -0.4 is 9.80 Å². The Kier molecular flexibility index (Phi) is 3.93. The first kappa shape index (κ1) is 11.3. The van der Waals surface area contributed by atoms with E-state index >= 15 is 0 Å².